The van der Waals surface area contributed by atoms with Crippen molar-refractivity contribution in [3.63, 3.8) is 0 Å². The summed E-state index contributed by atoms with van der Waals surface area (Å²) < 4.78 is 0. The van der Waals surface area contributed by atoms with Crippen molar-refractivity contribution < 1.29 is 0 Å². The second-order valence-corrected chi connectivity index (χ2v) is 6.96. The molecular formula is C16H24ClN3. The van der Waals surface area contributed by atoms with Gasteiger partial charge < -0.3 is 10.6 Å². The minimum Gasteiger partial charge on any atom is -0.384 e. The number of amidine groups is 1. The van der Waals surface area contributed by atoms with E-state index in [0.717, 1.165) is 5.69 Å². The summed E-state index contributed by atoms with van der Waals surface area (Å²) in [4.78, 5) is 2.25. The normalized spacial score (nSPS) is 18.8. The van der Waals surface area contributed by atoms with Crippen LogP contribution in [0.2, 0.25) is 5.02 Å². The predicted octanol–water partition coefficient (Wildman–Crippen LogP) is 4.03. The molecule has 1 saturated carbocycles. The number of rotatable bonds is 3. The number of anilines is 1. The standard InChI is InChI=1S/C16H24ClN3/c1-16(2)9-7-11(8-10-16)20(3)13-6-4-5-12(17)14(13)15(18)19/h4-6,11H,7-10H2,1-3H3,(H3,18,19). The number of hydrogen-bond donors (Lipinski definition) is 2. The molecule has 20 heavy (non-hydrogen) atoms. The van der Waals surface area contributed by atoms with Gasteiger partial charge >= 0.3 is 0 Å². The Bertz CT molecular complexity index is 500. The molecule has 0 aromatic heterocycles. The number of nitrogens with two attached hydrogens (primary N) is 1. The second-order valence-electron chi connectivity index (χ2n) is 6.55. The van der Waals surface area contributed by atoms with Crippen molar-refractivity contribution in [3.05, 3.63) is 28.8 Å². The summed E-state index contributed by atoms with van der Waals surface area (Å²) in [5.74, 6) is 0.0357. The average Bonchev–Trinajstić information content (AvgIpc) is 2.37. The van der Waals surface area contributed by atoms with E-state index >= 15 is 0 Å². The van der Waals surface area contributed by atoms with E-state index in [-0.39, 0.29) is 5.84 Å². The summed E-state index contributed by atoms with van der Waals surface area (Å²) in [6.07, 6.45) is 4.82. The molecule has 1 aliphatic carbocycles. The fourth-order valence-corrected chi connectivity index (χ4v) is 3.31. The van der Waals surface area contributed by atoms with E-state index in [2.05, 4.69) is 25.8 Å². The Morgan fingerprint density at radius 1 is 1.35 bits per heavy atom. The van der Waals surface area contributed by atoms with Gasteiger partial charge in [-0.2, -0.15) is 0 Å². The lowest BCUT2D eigenvalue weighted by molar-refractivity contribution is 0.222. The van der Waals surface area contributed by atoms with E-state index in [9.17, 15) is 0 Å². The molecule has 3 nitrogen and oxygen atoms in total. The Labute approximate surface area is 126 Å². The zero-order valence-electron chi connectivity index (χ0n) is 12.5. The molecule has 2 rings (SSSR count). The SMILES string of the molecule is CN(c1cccc(Cl)c1C(=N)N)C1CCC(C)(C)CC1. The van der Waals surface area contributed by atoms with Crippen LogP contribution in [0.1, 0.15) is 45.1 Å². The third-order valence-corrected chi connectivity index (χ3v) is 4.81. The zero-order valence-corrected chi connectivity index (χ0v) is 13.3. The van der Waals surface area contributed by atoms with E-state index in [0.29, 0.717) is 22.0 Å². The quantitative estimate of drug-likeness (QED) is 0.653. The van der Waals surface area contributed by atoms with Crippen LogP contribution in [-0.4, -0.2) is 18.9 Å². The molecule has 0 heterocycles. The summed E-state index contributed by atoms with van der Waals surface area (Å²) in [5.41, 5.74) is 7.77. The van der Waals surface area contributed by atoms with Crippen molar-refractivity contribution in [2.24, 2.45) is 11.1 Å². The van der Waals surface area contributed by atoms with Gasteiger partial charge in [0.05, 0.1) is 10.6 Å². The smallest absolute Gasteiger partial charge is 0.126 e. The van der Waals surface area contributed by atoms with Gasteiger partial charge in [0, 0.05) is 18.8 Å². The van der Waals surface area contributed by atoms with Gasteiger partial charge in [0.25, 0.3) is 0 Å². The third kappa shape index (κ3) is 3.09. The van der Waals surface area contributed by atoms with Gasteiger partial charge in [0.1, 0.15) is 5.84 Å². The van der Waals surface area contributed by atoms with Crippen molar-refractivity contribution >= 4 is 23.1 Å². The fourth-order valence-electron chi connectivity index (χ4n) is 3.04. The topological polar surface area (TPSA) is 53.1 Å². The second kappa shape index (κ2) is 5.65. The van der Waals surface area contributed by atoms with Crippen LogP contribution in [0.25, 0.3) is 0 Å². The molecular weight excluding hydrogens is 270 g/mol. The molecule has 0 amide bonds. The first-order valence-electron chi connectivity index (χ1n) is 7.17. The summed E-state index contributed by atoms with van der Waals surface area (Å²) in [5, 5.41) is 8.31. The molecule has 0 unspecified atom stereocenters. The molecule has 3 N–H and O–H groups in total. The van der Waals surface area contributed by atoms with E-state index in [4.69, 9.17) is 22.7 Å². The highest BCUT2D eigenvalue weighted by molar-refractivity contribution is 6.34. The highest BCUT2D eigenvalue weighted by atomic mass is 35.5. The van der Waals surface area contributed by atoms with Crippen LogP contribution in [0.5, 0.6) is 0 Å². The van der Waals surface area contributed by atoms with Gasteiger partial charge in [-0.15, -0.1) is 0 Å². The molecule has 1 aromatic carbocycles. The number of benzene rings is 1. The fraction of sp³-hybridized carbons (Fsp3) is 0.562. The van der Waals surface area contributed by atoms with Crippen LogP contribution in [-0.2, 0) is 0 Å². The molecule has 4 heteroatoms. The molecule has 0 saturated heterocycles. The number of nitrogen functional groups attached to an aromatic ring is 1. The molecule has 0 atom stereocenters. The van der Waals surface area contributed by atoms with Crippen molar-refractivity contribution in [2.45, 2.75) is 45.6 Å². The molecule has 110 valence electrons. The third-order valence-electron chi connectivity index (χ3n) is 4.50. The lowest BCUT2D eigenvalue weighted by Crippen LogP contribution is -2.38. The van der Waals surface area contributed by atoms with Gasteiger partial charge in [-0.25, -0.2) is 0 Å². The highest BCUT2D eigenvalue weighted by Gasteiger charge is 2.30. The van der Waals surface area contributed by atoms with Crippen LogP contribution in [0.15, 0.2) is 18.2 Å². The van der Waals surface area contributed by atoms with Gasteiger partial charge in [0.2, 0.25) is 0 Å². The minimum atomic E-state index is 0.0357. The van der Waals surface area contributed by atoms with Crippen LogP contribution < -0.4 is 10.6 Å². The van der Waals surface area contributed by atoms with Crippen molar-refractivity contribution in [1.29, 1.82) is 5.41 Å². The van der Waals surface area contributed by atoms with Crippen LogP contribution in [0, 0.1) is 10.8 Å². The Morgan fingerprint density at radius 2 is 1.95 bits per heavy atom. The maximum Gasteiger partial charge on any atom is 0.126 e. The van der Waals surface area contributed by atoms with Gasteiger partial charge in [0.15, 0.2) is 0 Å². The monoisotopic (exact) mass is 293 g/mol. The number of halogens is 1. The lowest BCUT2D eigenvalue weighted by atomic mass is 9.75. The number of hydrogen-bond acceptors (Lipinski definition) is 2. The molecule has 0 aliphatic heterocycles. The van der Waals surface area contributed by atoms with Crippen LogP contribution >= 0.6 is 11.6 Å². The summed E-state index contributed by atoms with van der Waals surface area (Å²) >= 11 is 6.21. The molecule has 0 radical (unpaired) electrons. The highest BCUT2D eigenvalue weighted by Crippen LogP contribution is 2.38. The summed E-state index contributed by atoms with van der Waals surface area (Å²) in [6.45, 7) is 4.67. The van der Waals surface area contributed by atoms with Gasteiger partial charge in [-0.05, 0) is 43.2 Å². The first-order chi connectivity index (χ1) is 9.32. The van der Waals surface area contributed by atoms with Gasteiger partial charge in [-0.1, -0.05) is 31.5 Å². The van der Waals surface area contributed by atoms with E-state index in [1.165, 1.54) is 25.7 Å². The molecule has 1 aromatic rings. The van der Waals surface area contributed by atoms with E-state index in [1.807, 2.05) is 12.1 Å². The summed E-state index contributed by atoms with van der Waals surface area (Å²) in [6, 6.07) is 6.22. The average molecular weight is 294 g/mol. The van der Waals surface area contributed by atoms with Crippen molar-refractivity contribution in [3.8, 4) is 0 Å². The first kappa shape index (κ1) is 15.2. The predicted molar refractivity (Wildman–Crippen MR) is 86.9 cm³/mol. The minimum absolute atomic E-state index is 0.0357. The lowest BCUT2D eigenvalue weighted by Gasteiger charge is -2.40. The number of nitrogens with one attached hydrogen (secondary N) is 1. The Morgan fingerprint density at radius 3 is 2.50 bits per heavy atom. The maximum atomic E-state index is 7.75. The maximum absolute atomic E-state index is 7.75. The Hall–Kier alpha value is -1.22. The number of nitrogens with zero attached hydrogens (tertiary/aromatic N) is 1. The molecule has 0 spiro atoms. The zero-order chi connectivity index (χ0) is 14.9. The summed E-state index contributed by atoms with van der Waals surface area (Å²) in [7, 11) is 2.08. The largest absolute Gasteiger partial charge is 0.384 e. The van der Waals surface area contributed by atoms with Crippen LogP contribution in [0.3, 0.4) is 0 Å². The molecule has 0 bridgehead atoms. The Kier molecular flexibility index (Phi) is 4.28. The molecule has 1 fully saturated rings. The Balaban J connectivity index is 2.24. The first-order valence-corrected chi connectivity index (χ1v) is 7.55. The van der Waals surface area contributed by atoms with Crippen LogP contribution in [0.4, 0.5) is 5.69 Å². The van der Waals surface area contributed by atoms with Crippen molar-refractivity contribution in [2.75, 3.05) is 11.9 Å². The van der Waals surface area contributed by atoms with E-state index < -0.39 is 0 Å². The van der Waals surface area contributed by atoms with Crippen molar-refractivity contribution in [1.82, 2.24) is 0 Å². The van der Waals surface area contributed by atoms with Gasteiger partial charge in [-0.3, -0.25) is 5.41 Å². The van der Waals surface area contributed by atoms with E-state index in [1.54, 1.807) is 6.07 Å². The molecule has 1 aliphatic rings.